The smallest absolute Gasteiger partial charge is 0.217 e. The minimum absolute atomic E-state index is 0.0644. The normalized spacial score (nSPS) is 10.1. The second-order valence-corrected chi connectivity index (χ2v) is 3.42. The second-order valence-electron chi connectivity index (χ2n) is 3.02. The number of nitrogens with zero attached hydrogens (tertiary/aromatic N) is 2. The summed E-state index contributed by atoms with van der Waals surface area (Å²) in [5, 5.41) is 0.0654. The minimum Gasteiger partial charge on any atom is -0.287 e. The summed E-state index contributed by atoms with van der Waals surface area (Å²) >= 11 is 5.77. The topological polar surface area (TPSA) is 42.9 Å². The third-order valence-electron chi connectivity index (χ3n) is 1.99. The number of ketones is 1. The molecular formula is C11H6ClFN2O. The Morgan fingerprint density at radius 2 is 2.12 bits per heavy atom. The van der Waals surface area contributed by atoms with Crippen molar-refractivity contribution in [2.24, 2.45) is 0 Å². The van der Waals surface area contributed by atoms with Gasteiger partial charge in [0.15, 0.2) is 0 Å². The van der Waals surface area contributed by atoms with Crippen LogP contribution in [0.1, 0.15) is 16.1 Å². The van der Waals surface area contributed by atoms with Gasteiger partial charge in [0, 0.05) is 12.4 Å². The molecule has 16 heavy (non-hydrogen) atoms. The Morgan fingerprint density at radius 1 is 1.31 bits per heavy atom. The highest BCUT2D eigenvalue weighted by atomic mass is 35.5. The molecular weight excluding hydrogens is 231 g/mol. The lowest BCUT2D eigenvalue weighted by molar-refractivity contribution is 0.103. The van der Waals surface area contributed by atoms with E-state index in [2.05, 4.69) is 9.97 Å². The molecule has 3 nitrogen and oxygen atoms in total. The zero-order valence-corrected chi connectivity index (χ0v) is 8.78. The van der Waals surface area contributed by atoms with Crippen molar-refractivity contribution >= 4 is 17.4 Å². The summed E-state index contributed by atoms with van der Waals surface area (Å²) in [5.74, 6) is -1.24. The van der Waals surface area contributed by atoms with Gasteiger partial charge >= 0.3 is 0 Å². The molecule has 0 atom stereocenters. The van der Waals surface area contributed by atoms with E-state index >= 15 is 0 Å². The van der Waals surface area contributed by atoms with E-state index < -0.39 is 11.6 Å². The molecule has 2 aromatic rings. The Hall–Kier alpha value is -1.81. The maximum atomic E-state index is 13.4. The van der Waals surface area contributed by atoms with Crippen LogP contribution in [0.2, 0.25) is 5.02 Å². The van der Waals surface area contributed by atoms with Crippen molar-refractivity contribution in [3.05, 3.63) is 58.9 Å². The van der Waals surface area contributed by atoms with Crippen molar-refractivity contribution in [3.8, 4) is 0 Å². The summed E-state index contributed by atoms with van der Waals surface area (Å²) in [6.45, 7) is 0. The number of hydrogen-bond donors (Lipinski definition) is 0. The Balaban J connectivity index is 2.50. The average molecular weight is 237 g/mol. The SMILES string of the molecule is O=C(c1cnccn1)c1c(F)cccc1Cl. The van der Waals surface area contributed by atoms with E-state index in [0.717, 1.165) is 0 Å². The summed E-state index contributed by atoms with van der Waals surface area (Å²) in [6.07, 6.45) is 4.06. The standard InChI is InChI=1S/C11H6ClFN2O/c12-7-2-1-3-8(13)10(7)11(16)9-6-14-4-5-15-9/h1-6H. The van der Waals surface area contributed by atoms with Gasteiger partial charge in [0.2, 0.25) is 5.78 Å². The second kappa shape index (κ2) is 4.37. The molecule has 0 spiro atoms. The molecule has 0 unspecified atom stereocenters. The number of aromatic nitrogens is 2. The van der Waals surface area contributed by atoms with E-state index in [0.29, 0.717) is 0 Å². The fourth-order valence-electron chi connectivity index (χ4n) is 1.26. The first-order valence-electron chi connectivity index (χ1n) is 4.45. The summed E-state index contributed by atoms with van der Waals surface area (Å²) in [4.78, 5) is 19.4. The van der Waals surface area contributed by atoms with E-state index in [4.69, 9.17) is 11.6 Å². The predicted octanol–water partition coefficient (Wildman–Crippen LogP) is 2.50. The first-order valence-corrected chi connectivity index (χ1v) is 4.82. The zero-order valence-electron chi connectivity index (χ0n) is 8.02. The van der Waals surface area contributed by atoms with Crippen LogP contribution in [0.25, 0.3) is 0 Å². The number of hydrogen-bond acceptors (Lipinski definition) is 3. The van der Waals surface area contributed by atoms with Gasteiger partial charge in [-0.15, -0.1) is 0 Å². The van der Waals surface area contributed by atoms with Crippen LogP contribution in [0.5, 0.6) is 0 Å². The van der Waals surface area contributed by atoms with Crippen LogP contribution in [0.3, 0.4) is 0 Å². The van der Waals surface area contributed by atoms with Crippen LogP contribution in [0, 0.1) is 5.82 Å². The van der Waals surface area contributed by atoms with Gasteiger partial charge in [-0.05, 0) is 12.1 Å². The number of halogens is 2. The van der Waals surface area contributed by atoms with Crippen LogP contribution in [0.15, 0.2) is 36.8 Å². The van der Waals surface area contributed by atoms with Crippen molar-refractivity contribution < 1.29 is 9.18 Å². The average Bonchev–Trinajstić information content (AvgIpc) is 2.30. The predicted molar refractivity (Wildman–Crippen MR) is 56.9 cm³/mol. The van der Waals surface area contributed by atoms with Gasteiger partial charge in [-0.1, -0.05) is 17.7 Å². The highest BCUT2D eigenvalue weighted by Gasteiger charge is 2.18. The minimum atomic E-state index is -0.664. The van der Waals surface area contributed by atoms with Crippen molar-refractivity contribution in [2.45, 2.75) is 0 Å². The molecule has 0 saturated heterocycles. The number of rotatable bonds is 2. The molecule has 0 aliphatic carbocycles. The third kappa shape index (κ3) is 1.92. The lowest BCUT2D eigenvalue weighted by atomic mass is 10.1. The highest BCUT2D eigenvalue weighted by Crippen LogP contribution is 2.21. The maximum absolute atomic E-state index is 13.4. The number of carbonyl (C=O) groups is 1. The van der Waals surface area contributed by atoms with Gasteiger partial charge in [0.25, 0.3) is 0 Å². The lowest BCUT2D eigenvalue weighted by Crippen LogP contribution is -2.07. The summed E-state index contributed by atoms with van der Waals surface area (Å²) < 4.78 is 13.4. The lowest BCUT2D eigenvalue weighted by Gasteiger charge is -2.03. The fraction of sp³-hybridized carbons (Fsp3) is 0. The molecule has 0 fully saturated rings. The molecule has 0 saturated carbocycles. The molecule has 0 N–H and O–H groups in total. The molecule has 2 rings (SSSR count). The zero-order chi connectivity index (χ0) is 11.5. The molecule has 0 radical (unpaired) electrons. The quantitative estimate of drug-likeness (QED) is 0.753. The molecule has 1 aromatic heterocycles. The first-order chi connectivity index (χ1) is 7.70. The largest absolute Gasteiger partial charge is 0.287 e. The molecule has 5 heteroatoms. The van der Waals surface area contributed by atoms with E-state index in [-0.39, 0.29) is 16.3 Å². The van der Waals surface area contributed by atoms with Gasteiger partial charge < -0.3 is 0 Å². The maximum Gasteiger partial charge on any atom is 0.217 e. The van der Waals surface area contributed by atoms with Crippen LogP contribution < -0.4 is 0 Å². The Bertz CT molecular complexity index is 511. The van der Waals surface area contributed by atoms with Crippen LogP contribution in [-0.2, 0) is 0 Å². The Labute approximate surface area is 95.9 Å². The van der Waals surface area contributed by atoms with Crippen LogP contribution in [0.4, 0.5) is 4.39 Å². The molecule has 80 valence electrons. The van der Waals surface area contributed by atoms with E-state index in [9.17, 15) is 9.18 Å². The molecule has 0 bridgehead atoms. The highest BCUT2D eigenvalue weighted by molar-refractivity contribution is 6.34. The van der Waals surface area contributed by atoms with Crippen molar-refractivity contribution in [1.82, 2.24) is 9.97 Å². The number of carbonyl (C=O) groups excluding carboxylic acids is 1. The monoisotopic (exact) mass is 236 g/mol. The first kappa shape index (κ1) is 10.7. The van der Waals surface area contributed by atoms with Gasteiger partial charge in [-0.2, -0.15) is 0 Å². The molecule has 1 heterocycles. The van der Waals surface area contributed by atoms with Crippen molar-refractivity contribution in [1.29, 1.82) is 0 Å². The molecule has 0 amide bonds. The van der Waals surface area contributed by atoms with Gasteiger partial charge in [0.1, 0.15) is 11.5 Å². The molecule has 0 aliphatic rings. The molecule has 1 aromatic carbocycles. The van der Waals surface area contributed by atoms with Crippen LogP contribution in [-0.4, -0.2) is 15.8 Å². The van der Waals surface area contributed by atoms with Gasteiger partial charge in [-0.25, -0.2) is 9.37 Å². The molecule has 0 aliphatic heterocycles. The van der Waals surface area contributed by atoms with E-state index in [1.165, 1.54) is 36.8 Å². The van der Waals surface area contributed by atoms with E-state index in [1.54, 1.807) is 0 Å². The van der Waals surface area contributed by atoms with Gasteiger partial charge in [-0.3, -0.25) is 9.78 Å². The number of benzene rings is 1. The van der Waals surface area contributed by atoms with Crippen molar-refractivity contribution in [2.75, 3.05) is 0 Å². The summed E-state index contributed by atoms with van der Waals surface area (Å²) in [5.41, 5.74) is -0.112. The Kier molecular flexibility index (Phi) is 2.92. The van der Waals surface area contributed by atoms with Crippen molar-refractivity contribution in [3.63, 3.8) is 0 Å². The van der Waals surface area contributed by atoms with E-state index in [1.807, 2.05) is 0 Å². The summed E-state index contributed by atoms with van der Waals surface area (Å²) in [7, 11) is 0. The fourth-order valence-corrected chi connectivity index (χ4v) is 1.51. The van der Waals surface area contributed by atoms with Crippen LogP contribution >= 0.6 is 11.6 Å². The third-order valence-corrected chi connectivity index (χ3v) is 2.30. The van der Waals surface area contributed by atoms with Gasteiger partial charge in [0.05, 0.1) is 16.8 Å². The summed E-state index contributed by atoms with van der Waals surface area (Å²) in [6, 6.07) is 4.06. The Morgan fingerprint density at radius 3 is 2.75 bits per heavy atom.